The summed E-state index contributed by atoms with van der Waals surface area (Å²) in [7, 11) is 0. The lowest BCUT2D eigenvalue weighted by molar-refractivity contribution is -0.139. The Morgan fingerprint density at radius 3 is 2.70 bits per heavy atom. The Morgan fingerprint density at radius 1 is 1.19 bits per heavy atom. The van der Waals surface area contributed by atoms with Crippen LogP contribution in [0.5, 0.6) is 0 Å². The number of piperidine rings is 2. The molecule has 1 N–H and O–H groups in total. The number of carbonyl (C=O) groups is 2. The second-order valence-corrected chi connectivity index (χ2v) is 8.67. The summed E-state index contributed by atoms with van der Waals surface area (Å²) in [5, 5.41) is 3.06. The number of benzene rings is 1. The van der Waals surface area contributed by atoms with Crippen LogP contribution in [0, 0.1) is 11.3 Å². The van der Waals surface area contributed by atoms with Crippen LogP contribution in [-0.4, -0.2) is 47.9 Å². The number of rotatable bonds is 5. The second-order valence-electron chi connectivity index (χ2n) is 8.67. The zero-order chi connectivity index (χ0) is 19.3. The van der Waals surface area contributed by atoms with E-state index in [1.54, 1.807) is 0 Å². The van der Waals surface area contributed by atoms with Gasteiger partial charge in [0, 0.05) is 44.6 Å². The molecular formula is C22H33N3O2. The van der Waals surface area contributed by atoms with E-state index in [1.807, 2.05) is 35.2 Å². The molecule has 27 heavy (non-hydrogen) atoms. The maximum atomic E-state index is 12.7. The zero-order valence-electron chi connectivity index (χ0n) is 16.7. The van der Waals surface area contributed by atoms with Gasteiger partial charge in [-0.3, -0.25) is 4.79 Å². The van der Waals surface area contributed by atoms with Gasteiger partial charge in [0.05, 0.1) is 0 Å². The van der Waals surface area contributed by atoms with Gasteiger partial charge in [-0.15, -0.1) is 0 Å². The van der Waals surface area contributed by atoms with Gasteiger partial charge in [0.25, 0.3) is 0 Å². The van der Waals surface area contributed by atoms with Crippen LogP contribution < -0.4 is 5.32 Å². The van der Waals surface area contributed by atoms with Crippen LogP contribution in [0.15, 0.2) is 30.3 Å². The molecule has 0 aliphatic carbocycles. The van der Waals surface area contributed by atoms with Crippen LogP contribution >= 0.6 is 0 Å². The van der Waals surface area contributed by atoms with E-state index in [2.05, 4.69) is 24.1 Å². The van der Waals surface area contributed by atoms with Gasteiger partial charge in [-0.05, 0) is 37.2 Å². The Bertz CT molecular complexity index is 646. The third-order valence-electron chi connectivity index (χ3n) is 5.96. The number of hydrogen-bond acceptors (Lipinski definition) is 2. The number of nitrogens with one attached hydrogen (secondary N) is 1. The molecule has 0 bridgehead atoms. The predicted octanol–water partition coefficient (Wildman–Crippen LogP) is 3.65. The predicted molar refractivity (Wildman–Crippen MR) is 107 cm³/mol. The molecule has 1 unspecified atom stereocenters. The first-order chi connectivity index (χ1) is 13.0. The average molecular weight is 372 g/mol. The SMILES string of the molecule is CC(C)CCN1CC2(CCCN(C(=O)NCc3ccccc3)C2)CCC1=O. The largest absolute Gasteiger partial charge is 0.342 e. The van der Waals surface area contributed by atoms with Crippen molar-refractivity contribution in [3.63, 3.8) is 0 Å². The fourth-order valence-electron chi connectivity index (χ4n) is 4.32. The molecule has 2 heterocycles. The van der Waals surface area contributed by atoms with Crippen molar-refractivity contribution in [1.29, 1.82) is 0 Å². The molecule has 3 amide bonds. The van der Waals surface area contributed by atoms with Crippen molar-refractivity contribution in [2.24, 2.45) is 11.3 Å². The molecular weight excluding hydrogens is 338 g/mol. The summed E-state index contributed by atoms with van der Waals surface area (Å²) in [6, 6.07) is 10.0. The van der Waals surface area contributed by atoms with Gasteiger partial charge in [-0.2, -0.15) is 0 Å². The minimum absolute atomic E-state index is 0.0172. The molecule has 2 fully saturated rings. The summed E-state index contributed by atoms with van der Waals surface area (Å²) in [4.78, 5) is 29.0. The van der Waals surface area contributed by atoms with Crippen LogP contribution in [0.25, 0.3) is 0 Å². The second kappa shape index (κ2) is 8.77. The third kappa shape index (κ3) is 5.24. The molecule has 0 radical (unpaired) electrons. The van der Waals surface area contributed by atoms with Crippen LogP contribution in [0.4, 0.5) is 4.79 Å². The molecule has 148 valence electrons. The lowest BCUT2D eigenvalue weighted by atomic mass is 9.73. The first-order valence-electron chi connectivity index (χ1n) is 10.3. The van der Waals surface area contributed by atoms with E-state index >= 15 is 0 Å². The van der Waals surface area contributed by atoms with Gasteiger partial charge in [0.2, 0.25) is 5.91 Å². The molecule has 2 aliphatic rings. The van der Waals surface area contributed by atoms with Gasteiger partial charge in [0.15, 0.2) is 0 Å². The molecule has 0 aromatic heterocycles. The number of urea groups is 1. The van der Waals surface area contributed by atoms with E-state index in [1.165, 1.54) is 0 Å². The lowest BCUT2D eigenvalue weighted by Gasteiger charge is -2.48. The molecule has 1 atom stereocenters. The van der Waals surface area contributed by atoms with E-state index in [9.17, 15) is 9.59 Å². The molecule has 5 nitrogen and oxygen atoms in total. The van der Waals surface area contributed by atoms with E-state index in [4.69, 9.17) is 0 Å². The van der Waals surface area contributed by atoms with E-state index in [0.717, 1.165) is 57.4 Å². The van der Waals surface area contributed by atoms with E-state index in [-0.39, 0.29) is 17.4 Å². The Kier molecular flexibility index (Phi) is 6.40. The van der Waals surface area contributed by atoms with Crippen molar-refractivity contribution in [2.75, 3.05) is 26.2 Å². The molecule has 3 rings (SSSR count). The number of amides is 3. The first-order valence-corrected chi connectivity index (χ1v) is 10.3. The highest BCUT2D eigenvalue weighted by molar-refractivity contribution is 5.77. The minimum atomic E-state index is 0.0172. The summed E-state index contributed by atoms with van der Waals surface area (Å²) in [6.45, 7) is 8.18. The molecule has 1 spiro atoms. The van der Waals surface area contributed by atoms with E-state index < -0.39 is 0 Å². The molecule has 2 saturated heterocycles. The maximum absolute atomic E-state index is 12.7. The summed E-state index contributed by atoms with van der Waals surface area (Å²) < 4.78 is 0. The summed E-state index contributed by atoms with van der Waals surface area (Å²) in [5.41, 5.74) is 1.19. The highest BCUT2D eigenvalue weighted by Crippen LogP contribution is 2.39. The Morgan fingerprint density at radius 2 is 1.96 bits per heavy atom. The Balaban J connectivity index is 1.57. The average Bonchev–Trinajstić information content (AvgIpc) is 2.68. The van der Waals surface area contributed by atoms with Crippen molar-refractivity contribution in [3.05, 3.63) is 35.9 Å². The molecule has 1 aromatic rings. The molecule has 5 heteroatoms. The number of nitrogens with zero attached hydrogens (tertiary/aromatic N) is 2. The van der Waals surface area contributed by atoms with Crippen molar-refractivity contribution in [1.82, 2.24) is 15.1 Å². The Labute approximate surface area is 163 Å². The van der Waals surface area contributed by atoms with Crippen LogP contribution in [0.3, 0.4) is 0 Å². The highest BCUT2D eigenvalue weighted by atomic mass is 16.2. The molecule has 2 aliphatic heterocycles. The van der Waals surface area contributed by atoms with Crippen molar-refractivity contribution in [3.8, 4) is 0 Å². The van der Waals surface area contributed by atoms with Gasteiger partial charge in [0.1, 0.15) is 0 Å². The summed E-state index contributed by atoms with van der Waals surface area (Å²) in [6.07, 6.45) is 4.71. The topological polar surface area (TPSA) is 52.6 Å². The van der Waals surface area contributed by atoms with Crippen LogP contribution in [-0.2, 0) is 11.3 Å². The van der Waals surface area contributed by atoms with Gasteiger partial charge in [-0.1, -0.05) is 44.2 Å². The standard InChI is InChI=1S/C22H33N3O2/c1-18(2)10-14-24-16-22(12-9-20(24)26)11-6-13-25(17-22)21(27)23-15-19-7-4-3-5-8-19/h3-5,7-8,18H,6,9-17H2,1-2H3,(H,23,27). The number of carbonyl (C=O) groups excluding carboxylic acids is 2. The molecule has 0 saturated carbocycles. The van der Waals surface area contributed by atoms with Crippen molar-refractivity contribution >= 4 is 11.9 Å². The van der Waals surface area contributed by atoms with Gasteiger partial charge in [-0.25, -0.2) is 4.79 Å². The maximum Gasteiger partial charge on any atom is 0.317 e. The number of likely N-dealkylation sites (tertiary alicyclic amines) is 2. The summed E-state index contributed by atoms with van der Waals surface area (Å²) in [5.74, 6) is 0.884. The van der Waals surface area contributed by atoms with E-state index in [0.29, 0.717) is 18.9 Å². The lowest BCUT2D eigenvalue weighted by Crippen LogP contribution is -2.56. The van der Waals surface area contributed by atoms with Crippen LogP contribution in [0.2, 0.25) is 0 Å². The van der Waals surface area contributed by atoms with Crippen molar-refractivity contribution < 1.29 is 9.59 Å². The zero-order valence-corrected chi connectivity index (χ0v) is 16.7. The third-order valence-corrected chi connectivity index (χ3v) is 5.96. The first kappa shape index (κ1) is 19.7. The monoisotopic (exact) mass is 371 g/mol. The van der Waals surface area contributed by atoms with Gasteiger partial charge >= 0.3 is 6.03 Å². The fourth-order valence-corrected chi connectivity index (χ4v) is 4.32. The van der Waals surface area contributed by atoms with Crippen molar-refractivity contribution in [2.45, 2.75) is 52.5 Å². The highest BCUT2D eigenvalue weighted by Gasteiger charge is 2.42. The smallest absolute Gasteiger partial charge is 0.317 e. The minimum Gasteiger partial charge on any atom is -0.342 e. The quantitative estimate of drug-likeness (QED) is 0.859. The Hall–Kier alpha value is -2.04. The van der Waals surface area contributed by atoms with Crippen LogP contribution in [0.1, 0.15) is 51.5 Å². The fraction of sp³-hybridized carbons (Fsp3) is 0.636. The summed E-state index contributed by atoms with van der Waals surface area (Å²) >= 11 is 0. The normalized spacial score (nSPS) is 23.1. The van der Waals surface area contributed by atoms with Gasteiger partial charge < -0.3 is 15.1 Å². The molecule has 1 aromatic carbocycles. The number of hydrogen-bond donors (Lipinski definition) is 1.